The number of ether oxygens (including phenoxy) is 1. The van der Waals surface area contributed by atoms with E-state index in [2.05, 4.69) is 15.3 Å². The molecule has 1 aliphatic heterocycles. The molecule has 4 rings (SSSR count). The van der Waals surface area contributed by atoms with E-state index in [4.69, 9.17) is 4.74 Å². The number of aromatic nitrogens is 4. The molecule has 30 heavy (non-hydrogen) atoms. The standard InChI is InChI=1S/C19H16F3N5O3/c20-19(21,22)17-13(10-23-27(17)15-6-7-16(28)25-24-15)18(29)26-8-9-30-14(11-26)12-4-2-1-3-5-12/h1-7,10,14H,8-9,11H2,(H,25,28)/t14-/m1/s1. The van der Waals surface area contributed by atoms with E-state index in [0.29, 0.717) is 4.68 Å². The fraction of sp³-hybridized carbons (Fsp3) is 0.263. The molecule has 0 unspecified atom stereocenters. The van der Waals surface area contributed by atoms with Gasteiger partial charge in [0.15, 0.2) is 11.5 Å². The average Bonchev–Trinajstić information content (AvgIpc) is 3.20. The summed E-state index contributed by atoms with van der Waals surface area (Å²) < 4.78 is 47.6. The van der Waals surface area contributed by atoms with Crippen molar-refractivity contribution in [3.63, 3.8) is 0 Å². The summed E-state index contributed by atoms with van der Waals surface area (Å²) in [6.45, 7) is 0.464. The maximum atomic E-state index is 13.8. The van der Waals surface area contributed by atoms with Gasteiger partial charge in [0.1, 0.15) is 6.10 Å². The predicted molar refractivity (Wildman–Crippen MR) is 98.0 cm³/mol. The van der Waals surface area contributed by atoms with Gasteiger partial charge in [0, 0.05) is 12.6 Å². The molecule has 1 atom stereocenters. The summed E-state index contributed by atoms with van der Waals surface area (Å²) in [7, 11) is 0. The van der Waals surface area contributed by atoms with Crippen LogP contribution < -0.4 is 5.56 Å². The van der Waals surface area contributed by atoms with Crippen LogP contribution in [0.1, 0.15) is 27.7 Å². The first-order valence-electron chi connectivity index (χ1n) is 9.02. The molecule has 1 aliphatic rings. The molecule has 3 heterocycles. The Hall–Kier alpha value is -3.47. The highest BCUT2D eigenvalue weighted by molar-refractivity contribution is 5.95. The molecule has 8 nitrogen and oxygen atoms in total. The molecule has 1 N–H and O–H groups in total. The summed E-state index contributed by atoms with van der Waals surface area (Å²) in [5, 5.41) is 9.34. The summed E-state index contributed by atoms with van der Waals surface area (Å²) >= 11 is 0. The maximum Gasteiger partial charge on any atom is 0.434 e. The van der Waals surface area contributed by atoms with Gasteiger partial charge in [-0.05, 0) is 11.6 Å². The van der Waals surface area contributed by atoms with Crippen molar-refractivity contribution >= 4 is 5.91 Å². The van der Waals surface area contributed by atoms with Crippen molar-refractivity contribution in [3.8, 4) is 5.82 Å². The van der Waals surface area contributed by atoms with Crippen LogP contribution >= 0.6 is 0 Å². The highest BCUT2D eigenvalue weighted by Gasteiger charge is 2.42. The minimum absolute atomic E-state index is 0.113. The number of aromatic amines is 1. The Morgan fingerprint density at radius 3 is 2.60 bits per heavy atom. The zero-order chi connectivity index (χ0) is 21.3. The molecule has 2 aromatic heterocycles. The maximum absolute atomic E-state index is 13.8. The van der Waals surface area contributed by atoms with Crippen molar-refractivity contribution in [1.29, 1.82) is 0 Å². The highest BCUT2D eigenvalue weighted by atomic mass is 19.4. The van der Waals surface area contributed by atoms with E-state index in [1.54, 1.807) is 0 Å². The Morgan fingerprint density at radius 2 is 1.93 bits per heavy atom. The lowest BCUT2D eigenvalue weighted by Crippen LogP contribution is -2.42. The van der Waals surface area contributed by atoms with Gasteiger partial charge in [-0.3, -0.25) is 9.59 Å². The minimum atomic E-state index is -4.87. The summed E-state index contributed by atoms with van der Waals surface area (Å²) in [6, 6.07) is 11.3. The number of hydrogen-bond acceptors (Lipinski definition) is 5. The fourth-order valence-electron chi connectivity index (χ4n) is 3.28. The number of morpholine rings is 1. The molecule has 0 saturated carbocycles. The zero-order valence-electron chi connectivity index (χ0n) is 15.5. The average molecular weight is 419 g/mol. The number of H-pyrrole nitrogens is 1. The Balaban J connectivity index is 1.67. The predicted octanol–water partition coefficient (Wildman–Crippen LogP) is 2.19. The first kappa shape index (κ1) is 19.8. The summed E-state index contributed by atoms with van der Waals surface area (Å²) in [6.07, 6.45) is -4.44. The van der Waals surface area contributed by atoms with Crippen molar-refractivity contribution in [3.05, 3.63) is 75.8 Å². The van der Waals surface area contributed by atoms with Crippen molar-refractivity contribution in [1.82, 2.24) is 24.9 Å². The second-order valence-corrected chi connectivity index (χ2v) is 6.62. The first-order chi connectivity index (χ1) is 14.3. The second-order valence-electron chi connectivity index (χ2n) is 6.62. The molecule has 0 radical (unpaired) electrons. The van der Waals surface area contributed by atoms with Gasteiger partial charge in [0.2, 0.25) is 0 Å². The van der Waals surface area contributed by atoms with Crippen LogP contribution in [0.15, 0.2) is 53.5 Å². The van der Waals surface area contributed by atoms with Gasteiger partial charge in [-0.2, -0.15) is 23.4 Å². The molecular weight excluding hydrogens is 403 g/mol. The van der Waals surface area contributed by atoms with Crippen LogP contribution in [0.25, 0.3) is 5.82 Å². The molecule has 11 heteroatoms. The lowest BCUT2D eigenvalue weighted by molar-refractivity contribution is -0.143. The molecule has 0 aliphatic carbocycles. The molecule has 1 fully saturated rings. The van der Waals surface area contributed by atoms with Gasteiger partial charge < -0.3 is 9.64 Å². The molecule has 1 aromatic carbocycles. The van der Waals surface area contributed by atoms with Crippen LogP contribution in [0.3, 0.4) is 0 Å². The number of nitrogens with zero attached hydrogens (tertiary/aromatic N) is 4. The van der Waals surface area contributed by atoms with Crippen LogP contribution in [-0.2, 0) is 10.9 Å². The third-order valence-electron chi connectivity index (χ3n) is 4.67. The van der Waals surface area contributed by atoms with Crippen molar-refractivity contribution in [2.45, 2.75) is 12.3 Å². The van der Waals surface area contributed by atoms with Gasteiger partial charge in [-0.1, -0.05) is 30.3 Å². The summed E-state index contributed by atoms with van der Waals surface area (Å²) in [4.78, 5) is 25.5. The second kappa shape index (κ2) is 7.75. The molecule has 156 valence electrons. The molecule has 0 spiro atoms. The summed E-state index contributed by atoms with van der Waals surface area (Å²) in [5.74, 6) is -1.06. The van der Waals surface area contributed by atoms with Crippen LogP contribution in [0.5, 0.6) is 0 Å². The number of hydrogen-bond donors (Lipinski definition) is 1. The van der Waals surface area contributed by atoms with E-state index in [1.165, 1.54) is 4.90 Å². The van der Waals surface area contributed by atoms with E-state index in [1.807, 2.05) is 30.3 Å². The van der Waals surface area contributed by atoms with E-state index >= 15 is 0 Å². The Bertz CT molecular complexity index is 1090. The third-order valence-corrected chi connectivity index (χ3v) is 4.67. The molecule has 3 aromatic rings. The topological polar surface area (TPSA) is 93.1 Å². The van der Waals surface area contributed by atoms with Crippen molar-refractivity contribution in [2.24, 2.45) is 0 Å². The molecular formula is C19H16F3N5O3. The quantitative estimate of drug-likeness (QED) is 0.703. The lowest BCUT2D eigenvalue weighted by Gasteiger charge is -2.33. The van der Waals surface area contributed by atoms with E-state index in [-0.39, 0.29) is 25.5 Å². The van der Waals surface area contributed by atoms with Crippen LogP contribution in [-0.4, -0.2) is 50.5 Å². The van der Waals surface area contributed by atoms with E-state index in [9.17, 15) is 22.8 Å². The van der Waals surface area contributed by atoms with Crippen LogP contribution in [0, 0.1) is 0 Å². The first-order valence-corrected chi connectivity index (χ1v) is 9.02. The number of amides is 1. The monoisotopic (exact) mass is 419 g/mol. The minimum Gasteiger partial charge on any atom is -0.370 e. The molecule has 1 amide bonds. The number of halogens is 3. The number of rotatable bonds is 3. The van der Waals surface area contributed by atoms with E-state index in [0.717, 1.165) is 23.9 Å². The fourth-order valence-corrected chi connectivity index (χ4v) is 3.28. The van der Waals surface area contributed by atoms with Gasteiger partial charge in [0.25, 0.3) is 11.5 Å². The van der Waals surface area contributed by atoms with Crippen molar-refractivity contribution in [2.75, 3.05) is 19.7 Å². The number of benzene rings is 1. The van der Waals surface area contributed by atoms with Crippen LogP contribution in [0.4, 0.5) is 13.2 Å². The number of carbonyl (C=O) groups excluding carboxylic acids is 1. The largest absolute Gasteiger partial charge is 0.434 e. The van der Waals surface area contributed by atoms with Gasteiger partial charge in [-0.15, -0.1) is 0 Å². The number of carbonyl (C=O) groups is 1. The SMILES string of the molecule is O=C(c1cnn(-c2ccc(=O)[nH]n2)c1C(F)(F)F)N1CCO[C@@H](c2ccccc2)C1. The molecule has 0 bridgehead atoms. The summed E-state index contributed by atoms with van der Waals surface area (Å²) in [5.41, 5.74) is -1.59. The Morgan fingerprint density at radius 1 is 1.17 bits per heavy atom. The normalized spacial score (nSPS) is 17.2. The van der Waals surface area contributed by atoms with E-state index < -0.39 is 35.0 Å². The smallest absolute Gasteiger partial charge is 0.370 e. The Labute approximate surface area is 167 Å². The van der Waals surface area contributed by atoms with Gasteiger partial charge in [0.05, 0.1) is 24.9 Å². The number of nitrogens with one attached hydrogen (secondary N) is 1. The Kier molecular flexibility index (Phi) is 5.12. The van der Waals surface area contributed by atoms with Crippen molar-refractivity contribution < 1.29 is 22.7 Å². The molecule has 1 saturated heterocycles. The third kappa shape index (κ3) is 3.83. The lowest BCUT2D eigenvalue weighted by atomic mass is 10.1. The van der Waals surface area contributed by atoms with Crippen LogP contribution in [0.2, 0.25) is 0 Å². The van der Waals surface area contributed by atoms with Gasteiger partial charge >= 0.3 is 6.18 Å². The highest BCUT2D eigenvalue weighted by Crippen LogP contribution is 2.34. The van der Waals surface area contributed by atoms with Gasteiger partial charge in [-0.25, -0.2) is 9.78 Å². The number of alkyl halides is 3. The zero-order valence-corrected chi connectivity index (χ0v) is 15.5.